The Hall–Kier alpha value is -1.52. The van der Waals surface area contributed by atoms with Crippen LogP contribution in [0.25, 0.3) is 0 Å². The van der Waals surface area contributed by atoms with Crippen molar-refractivity contribution in [1.29, 1.82) is 0 Å². The van der Waals surface area contributed by atoms with E-state index in [-0.39, 0.29) is 5.56 Å². The largest absolute Gasteiger partial charge is 0.478 e. The fraction of sp³-hybridized carbons (Fsp3) is 0.0714. The SMILES string of the molecule is Cc1cc(Oc2cc(Br)cc(C(=O)O)c2)ccc1Cl. The zero-order valence-corrected chi connectivity index (χ0v) is 12.3. The zero-order chi connectivity index (χ0) is 14.0. The first kappa shape index (κ1) is 13.9. The van der Waals surface area contributed by atoms with E-state index in [0.29, 0.717) is 21.0 Å². The lowest BCUT2D eigenvalue weighted by Gasteiger charge is -2.08. The molecule has 2 aromatic rings. The first-order valence-corrected chi connectivity index (χ1v) is 6.60. The van der Waals surface area contributed by atoms with Gasteiger partial charge in [-0.15, -0.1) is 0 Å². The molecular weight excluding hydrogens is 332 g/mol. The lowest BCUT2D eigenvalue weighted by atomic mass is 10.2. The number of hydrogen-bond acceptors (Lipinski definition) is 2. The third-order valence-corrected chi connectivity index (χ3v) is 3.37. The van der Waals surface area contributed by atoms with Crippen molar-refractivity contribution >= 4 is 33.5 Å². The van der Waals surface area contributed by atoms with Gasteiger partial charge in [-0.3, -0.25) is 0 Å². The third-order valence-electron chi connectivity index (χ3n) is 2.48. The summed E-state index contributed by atoms with van der Waals surface area (Å²) < 4.78 is 6.28. The van der Waals surface area contributed by atoms with Gasteiger partial charge in [-0.05, 0) is 48.9 Å². The molecule has 0 aliphatic heterocycles. The van der Waals surface area contributed by atoms with E-state index in [1.165, 1.54) is 12.1 Å². The van der Waals surface area contributed by atoms with E-state index in [1.54, 1.807) is 24.3 Å². The minimum Gasteiger partial charge on any atom is -0.478 e. The molecule has 0 spiro atoms. The van der Waals surface area contributed by atoms with Crippen LogP contribution in [-0.4, -0.2) is 11.1 Å². The molecule has 19 heavy (non-hydrogen) atoms. The van der Waals surface area contributed by atoms with E-state index in [0.717, 1.165) is 5.56 Å². The van der Waals surface area contributed by atoms with Gasteiger partial charge in [0.1, 0.15) is 11.5 Å². The number of carboxylic acids is 1. The normalized spacial score (nSPS) is 10.3. The fourth-order valence-electron chi connectivity index (χ4n) is 1.56. The molecule has 0 atom stereocenters. The van der Waals surface area contributed by atoms with Crippen LogP contribution in [0.4, 0.5) is 0 Å². The van der Waals surface area contributed by atoms with Gasteiger partial charge in [0.2, 0.25) is 0 Å². The third kappa shape index (κ3) is 3.49. The minimum atomic E-state index is -1.00. The molecule has 3 nitrogen and oxygen atoms in total. The van der Waals surface area contributed by atoms with Gasteiger partial charge in [-0.25, -0.2) is 4.79 Å². The standard InChI is InChI=1S/C14H10BrClO3/c1-8-4-11(2-3-13(8)16)19-12-6-9(14(17)18)5-10(15)7-12/h2-7H,1H3,(H,17,18). The molecule has 0 saturated heterocycles. The van der Waals surface area contributed by atoms with Gasteiger partial charge in [-0.1, -0.05) is 27.5 Å². The predicted molar refractivity (Wildman–Crippen MR) is 77.4 cm³/mol. The topological polar surface area (TPSA) is 46.5 Å². The van der Waals surface area contributed by atoms with Crippen molar-refractivity contribution in [2.45, 2.75) is 6.92 Å². The van der Waals surface area contributed by atoms with Crippen molar-refractivity contribution in [2.24, 2.45) is 0 Å². The molecule has 1 N–H and O–H groups in total. The second kappa shape index (κ2) is 5.63. The molecule has 0 heterocycles. The van der Waals surface area contributed by atoms with Crippen LogP contribution in [0.5, 0.6) is 11.5 Å². The summed E-state index contributed by atoms with van der Waals surface area (Å²) in [5.74, 6) is 0.0586. The van der Waals surface area contributed by atoms with Gasteiger partial charge >= 0.3 is 5.97 Å². The number of benzene rings is 2. The summed E-state index contributed by atoms with van der Waals surface area (Å²) in [6.07, 6.45) is 0. The van der Waals surface area contributed by atoms with E-state index >= 15 is 0 Å². The molecule has 0 aliphatic rings. The van der Waals surface area contributed by atoms with Crippen LogP contribution >= 0.6 is 27.5 Å². The molecule has 2 aromatic carbocycles. The Kier molecular flexibility index (Phi) is 4.12. The minimum absolute atomic E-state index is 0.162. The summed E-state index contributed by atoms with van der Waals surface area (Å²) in [4.78, 5) is 11.0. The van der Waals surface area contributed by atoms with Crippen LogP contribution in [0.1, 0.15) is 15.9 Å². The molecule has 0 unspecified atom stereocenters. The number of aromatic carboxylic acids is 1. The zero-order valence-electron chi connectivity index (χ0n) is 9.98. The summed E-state index contributed by atoms with van der Waals surface area (Å²) in [5, 5.41) is 9.65. The maximum Gasteiger partial charge on any atom is 0.335 e. The van der Waals surface area contributed by atoms with Gasteiger partial charge in [0.25, 0.3) is 0 Å². The highest BCUT2D eigenvalue weighted by Gasteiger charge is 2.08. The van der Waals surface area contributed by atoms with Gasteiger partial charge in [0.15, 0.2) is 0 Å². The monoisotopic (exact) mass is 340 g/mol. The van der Waals surface area contributed by atoms with Crippen LogP contribution in [0.15, 0.2) is 40.9 Å². The molecule has 2 rings (SSSR count). The van der Waals surface area contributed by atoms with Gasteiger partial charge in [-0.2, -0.15) is 0 Å². The highest BCUT2D eigenvalue weighted by atomic mass is 79.9. The molecule has 0 aliphatic carbocycles. The number of rotatable bonds is 3. The van der Waals surface area contributed by atoms with Crippen molar-refractivity contribution < 1.29 is 14.6 Å². The smallest absolute Gasteiger partial charge is 0.335 e. The highest BCUT2D eigenvalue weighted by Crippen LogP contribution is 2.28. The number of halogens is 2. The van der Waals surface area contributed by atoms with Crippen LogP contribution in [0, 0.1) is 6.92 Å². The molecule has 0 fully saturated rings. The first-order chi connectivity index (χ1) is 8.95. The van der Waals surface area contributed by atoms with Gasteiger partial charge in [0, 0.05) is 9.50 Å². The van der Waals surface area contributed by atoms with Gasteiger partial charge < -0.3 is 9.84 Å². The Morgan fingerprint density at radius 1 is 1.21 bits per heavy atom. The number of carboxylic acid groups (broad SMARTS) is 1. The van der Waals surface area contributed by atoms with Gasteiger partial charge in [0.05, 0.1) is 5.56 Å². The summed E-state index contributed by atoms with van der Waals surface area (Å²) in [6, 6.07) is 9.96. The van der Waals surface area contributed by atoms with E-state index in [9.17, 15) is 4.79 Å². The van der Waals surface area contributed by atoms with E-state index < -0.39 is 5.97 Å². The Bertz CT molecular complexity index is 641. The van der Waals surface area contributed by atoms with Crippen LogP contribution < -0.4 is 4.74 Å². The lowest BCUT2D eigenvalue weighted by Crippen LogP contribution is -1.97. The predicted octanol–water partition coefficient (Wildman–Crippen LogP) is 4.90. The molecule has 0 amide bonds. The number of hydrogen-bond donors (Lipinski definition) is 1. The van der Waals surface area contributed by atoms with Crippen LogP contribution in [0.2, 0.25) is 5.02 Å². The summed E-state index contributed by atoms with van der Waals surface area (Å²) in [5.41, 5.74) is 1.06. The highest BCUT2D eigenvalue weighted by molar-refractivity contribution is 9.10. The molecule has 0 bridgehead atoms. The van der Waals surface area contributed by atoms with Crippen molar-refractivity contribution in [3.8, 4) is 11.5 Å². The van der Waals surface area contributed by atoms with Crippen LogP contribution in [0.3, 0.4) is 0 Å². The molecule has 0 saturated carbocycles. The Morgan fingerprint density at radius 3 is 2.58 bits per heavy atom. The van der Waals surface area contributed by atoms with E-state index in [2.05, 4.69) is 15.9 Å². The molecule has 98 valence electrons. The Morgan fingerprint density at radius 2 is 1.95 bits per heavy atom. The van der Waals surface area contributed by atoms with Crippen molar-refractivity contribution in [1.82, 2.24) is 0 Å². The quantitative estimate of drug-likeness (QED) is 0.863. The average molecular weight is 342 g/mol. The summed E-state index contributed by atoms with van der Waals surface area (Å²) >= 11 is 9.19. The number of carbonyl (C=O) groups is 1. The maximum atomic E-state index is 11.0. The Labute approximate surface area is 123 Å². The molecule has 0 aromatic heterocycles. The van der Waals surface area contributed by atoms with E-state index in [1.807, 2.05) is 6.92 Å². The molecule has 5 heteroatoms. The Balaban J connectivity index is 2.32. The van der Waals surface area contributed by atoms with Crippen LogP contribution in [-0.2, 0) is 0 Å². The second-order valence-electron chi connectivity index (χ2n) is 3.99. The first-order valence-electron chi connectivity index (χ1n) is 5.43. The van der Waals surface area contributed by atoms with Crippen molar-refractivity contribution in [3.63, 3.8) is 0 Å². The lowest BCUT2D eigenvalue weighted by molar-refractivity contribution is 0.0696. The maximum absolute atomic E-state index is 11.0. The average Bonchev–Trinajstić information content (AvgIpc) is 2.33. The number of ether oxygens (including phenoxy) is 1. The second-order valence-corrected chi connectivity index (χ2v) is 5.32. The van der Waals surface area contributed by atoms with Crippen molar-refractivity contribution in [2.75, 3.05) is 0 Å². The molecule has 0 radical (unpaired) electrons. The van der Waals surface area contributed by atoms with E-state index in [4.69, 9.17) is 21.4 Å². The summed E-state index contributed by atoms with van der Waals surface area (Å²) in [7, 11) is 0. The fourth-order valence-corrected chi connectivity index (χ4v) is 2.15. The van der Waals surface area contributed by atoms with Crippen molar-refractivity contribution in [3.05, 3.63) is 57.0 Å². The number of aryl methyl sites for hydroxylation is 1. The summed E-state index contributed by atoms with van der Waals surface area (Å²) in [6.45, 7) is 1.87. The molecular formula is C14H10BrClO3.